The Kier molecular flexibility index (Phi) is 3.87. The van der Waals surface area contributed by atoms with E-state index in [0.29, 0.717) is 18.0 Å². The van der Waals surface area contributed by atoms with E-state index in [1.807, 2.05) is 18.4 Å². The topological polar surface area (TPSA) is 32.3 Å². The van der Waals surface area contributed by atoms with Gasteiger partial charge in [-0.15, -0.1) is 23.1 Å². The highest BCUT2D eigenvalue weighted by Crippen LogP contribution is 2.32. The van der Waals surface area contributed by atoms with Crippen molar-refractivity contribution in [3.8, 4) is 0 Å². The maximum atomic E-state index is 12.3. The minimum Gasteiger partial charge on any atom is -0.347 e. The lowest BCUT2D eigenvalue weighted by Gasteiger charge is -2.49. The van der Waals surface area contributed by atoms with E-state index in [-0.39, 0.29) is 5.91 Å². The van der Waals surface area contributed by atoms with E-state index in [1.54, 1.807) is 23.1 Å². The van der Waals surface area contributed by atoms with Crippen LogP contribution in [0.25, 0.3) is 0 Å². The molecule has 3 aliphatic rings. The summed E-state index contributed by atoms with van der Waals surface area (Å²) in [6.45, 7) is 4.65. The number of nitrogens with one attached hydrogen (secondary N) is 1. The van der Waals surface area contributed by atoms with Gasteiger partial charge in [0.2, 0.25) is 0 Å². The summed E-state index contributed by atoms with van der Waals surface area (Å²) in [6, 6.07) is 4.79. The van der Waals surface area contributed by atoms with Crippen molar-refractivity contribution in [2.75, 3.05) is 19.3 Å². The van der Waals surface area contributed by atoms with Crippen molar-refractivity contribution >= 4 is 29.0 Å². The molecule has 4 rings (SSSR count). The van der Waals surface area contributed by atoms with Gasteiger partial charge < -0.3 is 5.32 Å². The molecule has 2 bridgehead atoms. The number of nitrogens with zero attached hydrogens (tertiary/aromatic N) is 1. The van der Waals surface area contributed by atoms with Crippen molar-refractivity contribution in [1.82, 2.24) is 10.2 Å². The van der Waals surface area contributed by atoms with Crippen molar-refractivity contribution in [2.45, 2.75) is 36.1 Å². The maximum Gasteiger partial charge on any atom is 0.261 e. The van der Waals surface area contributed by atoms with Crippen LogP contribution in [0.1, 0.15) is 29.4 Å². The zero-order valence-electron chi connectivity index (χ0n) is 11.4. The van der Waals surface area contributed by atoms with Gasteiger partial charge in [-0.1, -0.05) is 0 Å². The van der Waals surface area contributed by atoms with Crippen molar-refractivity contribution < 1.29 is 4.79 Å². The standard InChI is InChI=1S/C14H20N2OS2/c1-9-13(10-5-7-16(9)8-6-10)15-14(17)11-3-4-12(18-2)19-11/h3-4,9-10,13H,5-8H2,1-2H3,(H,15,17)/t9-,13-/m0/s1/i11+1. The Morgan fingerprint density at radius 1 is 1.42 bits per heavy atom. The van der Waals surface area contributed by atoms with Crippen LogP contribution in [0.2, 0.25) is 0 Å². The second-order valence-corrected chi connectivity index (χ2v) is 7.63. The zero-order valence-corrected chi connectivity index (χ0v) is 13.0. The predicted molar refractivity (Wildman–Crippen MR) is 81.1 cm³/mol. The largest absolute Gasteiger partial charge is 0.347 e. The number of hydrogen-bond acceptors (Lipinski definition) is 4. The molecule has 104 valence electrons. The Morgan fingerprint density at radius 2 is 2.16 bits per heavy atom. The van der Waals surface area contributed by atoms with Gasteiger partial charge in [-0.2, -0.15) is 0 Å². The molecule has 1 aromatic heterocycles. The number of carbonyl (C=O) groups is 1. The quantitative estimate of drug-likeness (QED) is 0.871. The van der Waals surface area contributed by atoms with E-state index < -0.39 is 0 Å². The van der Waals surface area contributed by atoms with E-state index in [0.717, 1.165) is 4.88 Å². The van der Waals surface area contributed by atoms with Gasteiger partial charge in [0.25, 0.3) is 5.91 Å². The molecule has 0 unspecified atom stereocenters. The number of amides is 1. The van der Waals surface area contributed by atoms with E-state index in [9.17, 15) is 4.79 Å². The zero-order chi connectivity index (χ0) is 13.4. The van der Waals surface area contributed by atoms with Crippen molar-refractivity contribution in [1.29, 1.82) is 0 Å². The summed E-state index contributed by atoms with van der Waals surface area (Å²) in [6.07, 6.45) is 4.51. The lowest BCUT2D eigenvalue weighted by Crippen LogP contribution is -2.62. The molecule has 19 heavy (non-hydrogen) atoms. The van der Waals surface area contributed by atoms with Gasteiger partial charge in [0.15, 0.2) is 0 Å². The molecule has 1 N–H and O–H groups in total. The van der Waals surface area contributed by atoms with Crippen LogP contribution < -0.4 is 5.32 Å². The molecule has 1 aromatic rings. The molecular formula is C14H20N2OS2. The second-order valence-electron chi connectivity index (χ2n) is 5.44. The molecule has 4 heterocycles. The highest BCUT2D eigenvalue weighted by Gasteiger charge is 2.40. The molecular weight excluding hydrogens is 277 g/mol. The van der Waals surface area contributed by atoms with Crippen LogP contribution >= 0.6 is 23.1 Å². The third-order valence-electron chi connectivity index (χ3n) is 4.48. The average molecular weight is 297 g/mol. The number of carbonyl (C=O) groups excluding carboxylic acids is 1. The number of hydrogen-bond donors (Lipinski definition) is 1. The molecule has 3 nitrogen and oxygen atoms in total. The van der Waals surface area contributed by atoms with Gasteiger partial charge in [-0.25, -0.2) is 0 Å². The van der Waals surface area contributed by atoms with Gasteiger partial charge in [0.1, 0.15) is 0 Å². The Balaban J connectivity index is 1.69. The van der Waals surface area contributed by atoms with Crippen molar-refractivity contribution in [2.24, 2.45) is 5.92 Å². The van der Waals surface area contributed by atoms with Crippen LogP contribution in [-0.4, -0.2) is 42.2 Å². The van der Waals surface area contributed by atoms with E-state index in [4.69, 9.17) is 0 Å². The second kappa shape index (κ2) is 5.46. The molecule has 0 radical (unpaired) electrons. The Morgan fingerprint density at radius 3 is 2.74 bits per heavy atom. The van der Waals surface area contributed by atoms with Crippen LogP contribution in [0.15, 0.2) is 16.3 Å². The van der Waals surface area contributed by atoms with Crippen LogP contribution in [0.4, 0.5) is 0 Å². The predicted octanol–water partition coefficient (Wildman–Crippen LogP) is 2.68. The molecule has 3 aliphatic heterocycles. The molecule has 3 saturated heterocycles. The van der Waals surface area contributed by atoms with Gasteiger partial charge in [-0.05, 0) is 57.2 Å². The molecule has 0 saturated carbocycles. The molecule has 0 aromatic carbocycles. The van der Waals surface area contributed by atoms with Gasteiger partial charge in [0.05, 0.1) is 9.09 Å². The molecule has 2 atom stereocenters. The van der Waals surface area contributed by atoms with Crippen LogP contribution in [0.5, 0.6) is 0 Å². The van der Waals surface area contributed by atoms with Crippen molar-refractivity contribution in [3.05, 3.63) is 17.0 Å². The summed E-state index contributed by atoms with van der Waals surface area (Å²) in [7, 11) is 0. The first kappa shape index (κ1) is 13.5. The van der Waals surface area contributed by atoms with Crippen molar-refractivity contribution in [3.63, 3.8) is 0 Å². The lowest BCUT2D eigenvalue weighted by molar-refractivity contribution is 0.0218. The molecule has 3 fully saturated rings. The fourth-order valence-electron chi connectivity index (χ4n) is 3.32. The van der Waals surface area contributed by atoms with Crippen LogP contribution in [0, 0.1) is 5.92 Å². The first-order valence-electron chi connectivity index (χ1n) is 6.88. The third-order valence-corrected chi connectivity index (χ3v) is 6.65. The summed E-state index contributed by atoms with van der Waals surface area (Å²) in [5, 5.41) is 3.27. The monoisotopic (exact) mass is 297 g/mol. The first-order valence-corrected chi connectivity index (χ1v) is 8.92. The number of thiophene rings is 1. The normalized spacial score (nSPS) is 33.4. The summed E-state index contributed by atoms with van der Waals surface area (Å²) >= 11 is 3.28. The number of fused-ring (bicyclic) bond motifs is 3. The lowest BCUT2D eigenvalue weighted by atomic mass is 9.79. The maximum absolute atomic E-state index is 12.3. The fraction of sp³-hybridized carbons (Fsp3) is 0.643. The molecule has 1 amide bonds. The van der Waals surface area contributed by atoms with E-state index in [1.165, 1.54) is 30.1 Å². The van der Waals surface area contributed by atoms with E-state index in [2.05, 4.69) is 17.1 Å². The minimum absolute atomic E-state index is 0.107. The molecule has 5 heteroatoms. The average Bonchev–Trinajstić information content (AvgIpc) is 2.92. The third kappa shape index (κ3) is 2.56. The Bertz CT molecular complexity index is 464. The highest BCUT2D eigenvalue weighted by atomic mass is 32.2. The summed E-state index contributed by atoms with van der Waals surface area (Å²) in [5.41, 5.74) is 0. The van der Waals surface area contributed by atoms with Gasteiger partial charge >= 0.3 is 0 Å². The molecule has 0 spiro atoms. The fourth-order valence-corrected chi connectivity index (χ4v) is 4.77. The number of thioether (sulfide) groups is 1. The Hall–Kier alpha value is -0.520. The van der Waals surface area contributed by atoms with Gasteiger partial charge in [-0.3, -0.25) is 9.69 Å². The number of rotatable bonds is 3. The van der Waals surface area contributed by atoms with Gasteiger partial charge in [0, 0.05) is 12.1 Å². The SMILES string of the molecule is CSc1cc[13c](C(=O)N[C@@H]2C3CCN(CC3)[C@H]2C)s1. The highest BCUT2D eigenvalue weighted by molar-refractivity contribution is 8.00. The minimum atomic E-state index is 0.107. The van der Waals surface area contributed by atoms with Crippen LogP contribution in [-0.2, 0) is 0 Å². The Labute approximate surface area is 122 Å². The first-order chi connectivity index (χ1) is 9.19. The number of piperidine rings is 3. The molecule has 0 aliphatic carbocycles. The summed E-state index contributed by atoms with van der Waals surface area (Å²) in [4.78, 5) is 15.7. The summed E-state index contributed by atoms with van der Waals surface area (Å²) < 4.78 is 1.20. The smallest absolute Gasteiger partial charge is 0.261 e. The van der Waals surface area contributed by atoms with E-state index >= 15 is 0 Å². The summed E-state index contributed by atoms with van der Waals surface area (Å²) in [5.74, 6) is 0.778. The van der Waals surface area contributed by atoms with Crippen LogP contribution in [0.3, 0.4) is 0 Å².